The van der Waals surface area contributed by atoms with E-state index in [1.54, 1.807) is 25.3 Å². The van der Waals surface area contributed by atoms with Gasteiger partial charge in [-0.3, -0.25) is 4.79 Å². The van der Waals surface area contributed by atoms with E-state index < -0.39 is 8.32 Å². The van der Waals surface area contributed by atoms with Crippen molar-refractivity contribution >= 4 is 14.1 Å². The molecule has 38 heavy (non-hydrogen) atoms. The largest absolute Gasteiger partial charge is 0.497 e. The molecule has 0 bridgehead atoms. The number of ketones is 1. The number of ether oxygens (including phenoxy) is 2. The first-order valence-corrected chi connectivity index (χ1v) is 16.2. The molecule has 0 N–H and O–H groups in total. The summed E-state index contributed by atoms with van der Waals surface area (Å²) in [7, 11) is -0.443. The maximum atomic E-state index is 13.6. The Kier molecular flexibility index (Phi) is 10.3. The molecule has 0 aliphatic rings. The van der Waals surface area contributed by atoms with E-state index >= 15 is 0 Å². The van der Waals surface area contributed by atoms with E-state index in [0.717, 1.165) is 30.4 Å². The number of methoxy groups -OCH3 is 1. The molecule has 1 atom stereocenters. The second-order valence-electron chi connectivity index (χ2n) is 11.2. The Balaban J connectivity index is 1.65. The second-order valence-corrected chi connectivity index (χ2v) is 16.0. The zero-order valence-electron chi connectivity index (χ0n) is 23.6. The summed E-state index contributed by atoms with van der Waals surface area (Å²) in [6.07, 6.45) is 2.59. The van der Waals surface area contributed by atoms with Gasteiger partial charge < -0.3 is 13.9 Å². The van der Waals surface area contributed by atoms with Crippen molar-refractivity contribution in [1.29, 1.82) is 0 Å². The third kappa shape index (κ3) is 8.27. The summed E-state index contributed by atoms with van der Waals surface area (Å²) in [5, 5.41) is 0.0613. The predicted octanol–water partition coefficient (Wildman–Crippen LogP) is 8.92. The fraction of sp³-hybridized carbons (Fsp3) is 0.406. The van der Waals surface area contributed by atoms with Gasteiger partial charge in [-0.25, -0.2) is 4.39 Å². The van der Waals surface area contributed by atoms with Crippen LogP contribution in [0.4, 0.5) is 4.39 Å². The van der Waals surface area contributed by atoms with Crippen LogP contribution in [0, 0.1) is 5.82 Å². The molecule has 0 aliphatic heterocycles. The summed E-state index contributed by atoms with van der Waals surface area (Å²) in [5.74, 6) is 0.966. The standard InChI is InChI=1S/C32H41FO4Si/c1-32(2,3)38(5,6)37-30(25-16-18-26(33)19-17-25)15-11-10-14-29(34)28-21-20-27(35-4)22-31(28)36-23-24-12-8-7-9-13-24/h7-9,12-13,16-22,30H,10-11,14-15,23H2,1-6H3/t30-/m1/s1. The lowest BCUT2D eigenvalue weighted by Crippen LogP contribution is -2.41. The van der Waals surface area contributed by atoms with E-state index in [9.17, 15) is 9.18 Å². The molecule has 4 nitrogen and oxygen atoms in total. The molecule has 3 rings (SSSR count). The maximum Gasteiger partial charge on any atom is 0.192 e. The second kappa shape index (κ2) is 13.2. The lowest BCUT2D eigenvalue weighted by Gasteiger charge is -2.39. The Bertz CT molecular complexity index is 1170. The molecular weight excluding hydrogens is 495 g/mol. The summed E-state index contributed by atoms with van der Waals surface area (Å²) >= 11 is 0. The number of rotatable bonds is 13. The highest BCUT2D eigenvalue weighted by molar-refractivity contribution is 6.74. The molecule has 0 saturated carbocycles. The van der Waals surface area contributed by atoms with Gasteiger partial charge in [0.2, 0.25) is 0 Å². The molecule has 0 unspecified atom stereocenters. The molecular formula is C32H41FO4Si. The van der Waals surface area contributed by atoms with Crippen molar-refractivity contribution in [2.45, 2.75) is 77.3 Å². The molecule has 204 valence electrons. The van der Waals surface area contributed by atoms with Crippen LogP contribution >= 0.6 is 0 Å². The van der Waals surface area contributed by atoms with Crippen LogP contribution in [0.25, 0.3) is 0 Å². The predicted molar refractivity (Wildman–Crippen MR) is 154 cm³/mol. The lowest BCUT2D eigenvalue weighted by atomic mass is 10.00. The first kappa shape index (κ1) is 29.6. The van der Waals surface area contributed by atoms with Gasteiger partial charge in [-0.1, -0.05) is 69.7 Å². The van der Waals surface area contributed by atoms with Crippen molar-refractivity contribution in [3.63, 3.8) is 0 Å². The van der Waals surface area contributed by atoms with Gasteiger partial charge in [-0.05, 0) is 66.4 Å². The minimum absolute atomic E-state index is 0.0411. The highest BCUT2D eigenvalue weighted by atomic mass is 28.4. The average molecular weight is 537 g/mol. The van der Waals surface area contributed by atoms with Crippen LogP contribution in [-0.4, -0.2) is 21.2 Å². The van der Waals surface area contributed by atoms with E-state index in [-0.39, 0.29) is 22.7 Å². The normalized spacial score (nSPS) is 12.7. The number of carbonyl (C=O) groups excluding carboxylic acids is 1. The Morgan fingerprint density at radius 1 is 0.947 bits per heavy atom. The van der Waals surface area contributed by atoms with Crippen LogP contribution in [0.3, 0.4) is 0 Å². The van der Waals surface area contributed by atoms with Crippen molar-refractivity contribution in [3.8, 4) is 11.5 Å². The van der Waals surface area contributed by atoms with E-state index in [2.05, 4.69) is 33.9 Å². The summed E-state index contributed by atoms with van der Waals surface area (Å²) in [6, 6.07) is 21.8. The highest BCUT2D eigenvalue weighted by Crippen LogP contribution is 2.41. The van der Waals surface area contributed by atoms with Gasteiger partial charge in [-0.2, -0.15) is 0 Å². The quantitative estimate of drug-likeness (QED) is 0.124. The maximum absolute atomic E-state index is 13.6. The van der Waals surface area contributed by atoms with Crippen molar-refractivity contribution in [2.75, 3.05) is 7.11 Å². The molecule has 6 heteroatoms. The fourth-order valence-corrected chi connectivity index (χ4v) is 5.29. The van der Waals surface area contributed by atoms with Crippen molar-refractivity contribution in [1.82, 2.24) is 0 Å². The molecule has 3 aromatic rings. The van der Waals surface area contributed by atoms with Crippen molar-refractivity contribution in [2.24, 2.45) is 0 Å². The molecule has 0 aromatic heterocycles. The van der Waals surface area contributed by atoms with Gasteiger partial charge in [0.15, 0.2) is 14.1 Å². The van der Waals surface area contributed by atoms with Gasteiger partial charge in [0.05, 0.1) is 18.8 Å². The zero-order chi connectivity index (χ0) is 27.8. The SMILES string of the molecule is COc1ccc(C(=O)CCCC[C@@H](O[Si](C)(C)C(C)(C)C)c2ccc(F)cc2)c(OCc2ccccc2)c1. The zero-order valence-corrected chi connectivity index (χ0v) is 24.6. The number of unbranched alkanes of at least 4 members (excludes halogenated alkanes) is 1. The number of hydrogen-bond acceptors (Lipinski definition) is 4. The summed E-state index contributed by atoms with van der Waals surface area (Å²) in [4.78, 5) is 13.2. The fourth-order valence-electron chi connectivity index (χ4n) is 3.97. The van der Waals surface area contributed by atoms with E-state index in [1.165, 1.54) is 12.1 Å². The lowest BCUT2D eigenvalue weighted by molar-refractivity contribution is 0.0971. The first-order chi connectivity index (χ1) is 18.0. The average Bonchev–Trinajstić information content (AvgIpc) is 2.89. The van der Waals surface area contributed by atoms with Crippen molar-refractivity contribution in [3.05, 3.63) is 95.3 Å². The smallest absolute Gasteiger partial charge is 0.192 e. The van der Waals surface area contributed by atoms with Gasteiger partial charge in [0, 0.05) is 12.5 Å². The third-order valence-electron chi connectivity index (χ3n) is 7.33. The molecule has 0 heterocycles. The number of Topliss-reactive ketones (excluding diaryl/α,β-unsaturated/α-hetero) is 1. The number of halogens is 1. The van der Waals surface area contributed by atoms with Crippen LogP contribution in [0.15, 0.2) is 72.8 Å². The molecule has 0 spiro atoms. The number of hydrogen-bond donors (Lipinski definition) is 0. The molecule has 0 saturated heterocycles. The van der Waals surface area contributed by atoms with Gasteiger partial charge in [0.25, 0.3) is 0 Å². The van der Waals surface area contributed by atoms with Crippen LogP contribution in [0.5, 0.6) is 11.5 Å². The highest BCUT2D eigenvalue weighted by Gasteiger charge is 2.39. The Morgan fingerprint density at radius 3 is 2.26 bits per heavy atom. The van der Waals surface area contributed by atoms with E-state index in [1.807, 2.05) is 42.5 Å². The third-order valence-corrected chi connectivity index (χ3v) is 11.8. The number of carbonyl (C=O) groups is 1. The minimum atomic E-state index is -2.04. The Labute approximate surface area is 228 Å². The molecule has 0 radical (unpaired) electrons. The van der Waals surface area contributed by atoms with E-state index in [4.69, 9.17) is 13.9 Å². The molecule has 0 aliphatic carbocycles. The number of benzene rings is 3. The summed E-state index contributed by atoms with van der Waals surface area (Å²) < 4.78 is 31.7. The Morgan fingerprint density at radius 2 is 1.63 bits per heavy atom. The summed E-state index contributed by atoms with van der Waals surface area (Å²) in [6.45, 7) is 11.5. The van der Waals surface area contributed by atoms with Gasteiger partial charge >= 0.3 is 0 Å². The van der Waals surface area contributed by atoms with Crippen LogP contribution in [-0.2, 0) is 11.0 Å². The topological polar surface area (TPSA) is 44.8 Å². The monoisotopic (exact) mass is 536 g/mol. The summed E-state index contributed by atoms with van der Waals surface area (Å²) in [5.41, 5.74) is 2.57. The Hall–Kier alpha value is -2.96. The van der Waals surface area contributed by atoms with Crippen LogP contribution in [0.2, 0.25) is 18.1 Å². The molecule has 3 aromatic carbocycles. The molecule has 0 amide bonds. The minimum Gasteiger partial charge on any atom is -0.497 e. The first-order valence-electron chi connectivity index (χ1n) is 13.3. The van der Waals surface area contributed by atoms with Gasteiger partial charge in [-0.15, -0.1) is 0 Å². The van der Waals surface area contributed by atoms with Crippen LogP contribution < -0.4 is 9.47 Å². The van der Waals surface area contributed by atoms with E-state index in [0.29, 0.717) is 30.1 Å². The molecule has 0 fully saturated rings. The van der Waals surface area contributed by atoms with Gasteiger partial charge in [0.1, 0.15) is 23.9 Å². The van der Waals surface area contributed by atoms with Crippen LogP contribution in [0.1, 0.15) is 74.0 Å². The van der Waals surface area contributed by atoms with Crippen molar-refractivity contribution < 1.29 is 23.1 Å².